The molecule has 2 fully saturated rings. The molecule has 0 unspecified atom stereocenters. The fourth-order valence-electron chi connectivity index (χ4n) is 6.19. The highest BCUT2D eigenvalue weighted by atomic mass is 16.5. The lowest BCUT2D eigenvalue weighted by atomic mass is 9.88. The van der Waals surface area contributed by atoms with Crippen molar-refractivity contribution >= 4 is 17.5 Å². The van der Waals surface area contributed by atoms with Crippen molar-refractivity contribution in [3.63, 3.8) is 0 Å². The van der Waals surface area contributed by atoms with E-state index in [4.69, 9.17) is 9.47 Å². The number of hydrogen-bond donors (Lipinski definition) is 2. The summed E-state index contributed by atoms with van der Waals surface area (Å²) in [5, 5.41) is 13.2. The third-order valence-electron chi connectivity index (χ3n) is 9.05. The van der Waals surface area contributed by atoms with Gasteiger partial charge in [0.05, 0.1) is 30.4 Å². The molecule has 0 spiro atoms. The number of carbonyl (C=O) groups is 2. The van der Waals surface area contributed by atoms with Crippen LogP contribution in [-0.2, 0) is 9.53 Å². The maximum atomic E-state index is 14.3. The fourth-order valence-corrected chi connectivity index (χ4v) is 6.19. The number of amides is 2. The maximum Gasteiger partial charge on any atom is 0.258 e. The van der Waals surface area contributed by atoms with E-state index in [1.165, 1.54) is 19.3 Å². The third-order valence-corrected chi connectivity index (χ3v) is 9.05. The average Bonchev–Trinajstić information content (AvgIpc) is 3.78. The van der Waals surface area contributed by atoms with Crippen LogP contribution in [0.4, 0.5) is 5.69 Å². The van der Waals surface area contributed by atoms with Gasteiger partial charge in [-0.2, -0.15) is 0 Å². The van der Waals surface area contributed by atoms with E-state index >= 15 is 0 Å². The van der Waals surface area contributed by atoms with Gasteiger partial charge in [0.25, 0.3) is 5.91 Å². The molecular weight excluding hydrogens is 518 g/mol. The molecule has 8 nitrogen and oxygen atoms in total. The lowest BCUT2D eigenvalue weighted by Crippen LogP contribution is -2.47. The first-order valence-electron chi connectivity index (χ1n) is 16.1. The minimum absolute atomic E-state index is 0.0165. The van der Waals surface area contributed by atoms with E-state index in [0.29, 0.717) is 30.2 Å². The van der Waals surface area contributed by atoms with Gasteiger partial charge in [-0.05, 0) is 90.0 Å². The van der Waals surface area contributed by atoms with Crippen LogP contribution in [0.15, 0.2) is 18.2 Å². The van der Waals surface area contributed by atoms with Crippen LogP contribution in [0.1, 0.15) is 95.3 Å². The summed E-state index contributed by atoms with van der Waals surface area (Å²) in [7, 11) is 2.16. The lowest BCUT2D eigenvalue weighted by Gasteiger charge is -2.36. The molecule has 230 valence electrons. The van der Waals surface area contributed by atoms with Crippen molar-refractivity contribution in [2.45, 2.75) is 103 Å². The Morgan fingerprint density at radius 2 is 1.80 bits per heavy atom. The predicted molar refractivity (Wildman–Crippen MR) is 162 cm³/mol. The molecule has 0 radical (unpaired) electrons. The number of ether oxygens (including phenoxy) is 2. The summed E-state index contributed by atoms with van der Waals surface area (Å²) < 4.78 is 12.8. The van der Waals surface area contributed by atoms with Crippen LogP contribution >= 0.6 is 0 Å². The van der Waals surface area contributed by atoms with E-state index in [1.54, 1.807) is 11.0 Å². The number of carbonyl (C=O) groups excluding carboxylic acids is 2. The minimum atomic E-state index is -0.381. The topological polar surface area (TPSA) is 91.3 Å². The predicted octanol–water partition coefficient (Wildman–Crippen LogP) is 5.34. The molecule has 1 aliphatic heterocycles. The maximum absolute atomic E-state index is 14.3. The van der Waals surface area contributed by atoms with Gasteiger partial charge in [0, 0.05) is 43.8 Å². The first-order chi connectivity index (χ1) is 19.7. The second-order valence-electron chi connectivity index (χ2n) is 13.0. The van der Waals surface area contributed by atoms with Crippen LogP contribution in [0, 0.1) is 17.8 Å². The van der Waals surface area contributed by atoms with Gasteiger partial charge in [0.2, 0.25) is 5.91 Å². The highest BCUT2D eigenvalue weighted by molar-refractivity contribution is 6.00. The molecular formula is C33H53N3O5. The summed E-state index contributed by atoms with van der Waals surface area (Å²) in [5.41, 5.74) is 1.03. The van der Waals surface area contributed by atoms with Crippen molar-refractivity contribution in [1.29, 1.82) is 0 Å². The van der Waals surface area contributed by atoms with Crippen molar-refractivity contribution in [2.75, 3.05) is 45.2 Å². The largest absolute Gasteiger partial charge is 0.490 e. The number of likely N-dealkylation sites (N-methyl/N-ethyl adjacent to an activating group) is 1. The van der Waals surface area contributed by atoms with Gasteiger partial charge in [0.1, 0.15) is 5.75 Å². The Kier molecular flexibility index (Phi) is 11.9. The molecule has 2 amide bonds. The summed E-state index contributed by atoms with van der Waals surface area (Å²) in [6.07, 6.45) is 10.5. The second kappa shape index (κ2) is 15.4. The third kappa shape index (κ3) is 9.42. The number of fused-ring (bicyclic) bond motifs is 1. The fraction of sp³-hybridized carbons (Fsp3) is 0.758. The molecule has 1 heterocycles. The average molecular weight is 572 g/mol. The molecule has 2 N–H and O–H groups in total. The quantitative estimate of drug-likeness (QED) is 0.438. The lowest BCUT2D eigenvalue weighted by molar-refractivity contribution is -0.120. The number of anilines is 1. The Labute approximate surface area is 247 Å². The molecule has 8 heteroatoms. The molecule has 2 saturated carbocycles. The second-order valence-corrected chi connectivity index (χ2v) is 13.0. The molecule has 3 aliphatic rings. The molecule has 2 aliphatic carbocycles. The first-order valence-corrected chi connectivity index (χ1v) is 16.1. The number of aliphatic hydroxyl groups excluding tert-OH is 1. The van der Waals surface area contributed by atoms with Gasteiger partial charge in [-0.25, -0.2) is 0 Å². The summed E-state index contributed by atoms with van der Waals surface area (Å²) in [6, 6.07) is 5.03. The van der Waals surface area contributed by atoms with Crippen LogP contribution in [0.2, 0.25) is 0 Å². The number of rotatable bonds is 8. The summed E-state index contributed by atoms with van der Waals surface area (Å²) >= 11 is 0. The molecule has 4 rings (SSSR count). The van der Waals surface area contributed by atoms with Crippen LogP contribution < -0.4 is 10.1 Å². The summed E-state index contributed by atoms with van der Waals surface area (Å²) in [5.74, 6) is 1.23. The Morgan fingerprint density at radius 3 is 2.51 bits per heavy atom. The van der Waals surface area contributed by atoms with E-state index in [0.717, 1.165) is 64.0 Å². The van der Waals surface area contributed by atoms with Crippen molar-refractivity contribution in [2.24, 2.45) is 17.8 Å². The first kappa shape index (κ1) is 31.8. The Hall–Kier alpha value is -2.16. The van der Waals surface area contributed by atoms with E-state index in [2.05, 4.69) is 24.2 Å². The highest BCUT2D eigenvalue weighted by Gasteiger charge is 2.31. The van der Waals surface area contributed by atoms with Crippen LogP contribution in [0.25, 0.3) is 0 Å². The Morgan fingerprint density at radius 1 is 1.07 bits per heavy atom. The number of nitrogens with one attached hydrogen (secondary N) is 1. The molecule has 0 bridgehead atoms. The monoisotopic (exact) mass is 571 g/mol. The van der Waals surface area contributed by atoms with Crippen molar-refractivity contribution in [3.8, 4) is 5.75 Å². The van der Waals surface area contributed by atoms with Gasteiger partial charge in [0.15, 0.2) is 0 Å². The number of nitrogens with zero attached hydrogens (tertiary/aromatic N) is 2. The molecule has 1 aromatic rings. The number of aliphatic hydroxyl groups is 1. The van der Waals surface area contributed by atoms with Crippen molar-refractivity contribution in [1.82, 2.24) is 9.80 Å². The van der Waals surface area contributed by atoms with E-state index in [1.807, 2.05) is 26.0 Å². The minimum Gasteiger partial charge on any atom is -0.490 e. The molecule has 1 aromatic carbocycles. The van der Waals surface area contributed by atoms with Gasteiger partial charge >= 0.3 is 0 Å². The highest BCUT2D eigenvalue weighted by Crippen LogP contribution is 2.31. The van der Waals surface area contributed by atoms with Gasteiger partial charge < -0.3 is 29.7 Å². The molecule has 0 aromatic heterocycles. The SMILES string of the molecule is C[C@@H]1CCCCO[C@H](CN(C)CC2CC2)[C@H](C)CN([C@@H](C)CO)C(=O)c2cc(NC(=O)C3CCCCC3)ccc2O1. The Balaban J connectivity index is 1.59. The van der Waals surface area contributed by atoms with Gasteiger partial charge in [-0.3, -0.25) is 9.59 Å². The van der Waals surface area contributed by atoms with Crippen molar-refractivity contribution in [3.05, 3.63) is 23.8 Å². The van der Waals surface area contributed by atoms with Gasteiger partial charge in [-0.15, -0.1) is 0 Å². The summed E-state index contributed by atoms with van der Waals surface area (Å²) in [4.78, 5) is 31.4. The van der Waals surface area contributed by atoms with Crippen molar-refractivity contribution < 1.29 is 24.2 Å². The van der Waals surface area contributed by atoms with E-state index in [9.17, 15) is 14.7 Å². The van der Waals surface area contributed by atoms with Crippen LogP contribution in [0.3, 0.4) is 0 Å². The smallest absolute Gasteiger partial charge is 0.258 e. The summed E-state index contributed by atoms with van der Waals surface area (Å²) in [6.45, 7) is 8.95. The zero-order valence-corrected chi connectivity index (χ0v) is 25.8. The molecule has 0 saturated heterocycles. The van der Waals surface area contributed by atoms with E-state index < -0.39 is 0 Å². The standard InChI is InChI=1S/C33H53N3O5/c1-23-19-36(24(2)22-37)33(39)29-18-28(34-32(38)27-11-6-5-7-12-27)15-16-30(29)41-25(3)10-8-9-17-40-31(23)21-35(4)20-26-13-14-26/h15-16,18,23-27,31,37H,5-14,17,19-22H2,1-4H3,(H,34,38)/t23-,24+,25-,31-/m1/s1. The zero-order chi connectivity index (χ0) is 29.4. The number of benzene rings is 1. The molecule has 41 heavy (non-hydrogen) atoms. The normalized spacial score (nSPS) is 26.1. The Bertz CT molecular complexity index is 993. The number of hydrogen-bond acceptors (Lipinski definition) is 6. The van der Waals surface area contributed by atoms with Gasteiger partial charge in [-0.1, -0.05) is 26.2 Å². The van der Waals surface area contributed by atoms with Crippen LogP contribution in [0.5, 0.6) is 5.75 Å². The zero-order valence-electron chi connectivity index (χ0n) is 25.8. The van der Waals surface area contributed by atoms with Crippen LogP contribution in [-0.4, -0.2) is 84.9 Å². The molecule has 4 atom stereocenters. The van der Waals surface area contributed by atoms with E-state index in [-0.39, 0.29) is 48.5 Å².